The van der Waals surface area contributed by atoms with Crippen molar-refractivity contribution in [2.24, 2.45) is 5.92 Å². The fraction of sp³-hybridized carbons (Fsp3) is 0.375. The van der Waals surface area contributed by atoms with Crippen molar-refractivity contribution in [3.63, 3.8) is 0 Å². The average molecular weight is 295 g/mol. The molecule has 3 rings (SSSR count). The third kappa shape index (κ3) is 3.29. The van der Waals surface area contributed by atoms with Crippen molar-refractivity contribution in [2.45, 2.75) is 31.7 Å². The Balaban J connectivity index is 1.69. The Kier molecular flexibility index (Phi) is 3.53. The predicted octanol–water partition coefficient (Wildman–Crippen LogP) is 4.00. The fourth-order valence-electron chi connectivity index (χ4n) is 2.43. The second-order valence-corrected chi connectivity index (χ2v) is 5.59. The molecule has 1 atom stereocenters. The van der Waals surface area contributed by atoms with Crippen molar-refractivity contribution in [1.29, 1.82) is 0 Å². The van der Waals surface area contributed by atoms with E-state index in [1.54, 1.807) is 0 Å². The Labute approximate surface area is 120 Å². The van der Waals surface area contributed by atoms with Crippen molar-refractivity contribution in [1.82, 2.24) is 4.57 Å². The molecule has 2 nitrogen and oxygen atoms in total. The van der Waals surface area contributed by atoms with Crippen molar-refractivity contribution in [3.05, 3.63) is 59.4 Å². The summed E-state index contributed by atoms with van der Waals surface area (Å²) in [6, 6.07) is 7.03. The summed E-state index contributed by atoms with van der Waals surface area (Å²) in [6.07, 6.45) is 1.11. The van der Waals surface area contributed by atoms with Crippen LogP contribution in [0, 0.1) is 5.92 Å². The number of aliphatic hydroxyl groups excluding tert-OH is 1. The minimum Gasteiger partial charge on any atom is -0.388 e. The van der Waals surface area contributed by atoms with Crippen LogP contribution in [0.3, 0.4) is 0 Å². The second kappa shape index (κ2) is 5.22. The monoisotopic (exact) mass is 295 g/mol. The number of halogens is 3. The lowest BCUT2D eigenvalue weighted by molar-refractivity contribution is -0.137. The minimum absolute atomic E-state index is 0.368. The Hall–Kier alpha value is -1.75. The molecule has 0 amide bonds. The van der Waals surface area contributed by atoms with E-state index in [9.17, 15) is 18.3 Å². The van der Waals surface area contributed by atoms with E-state index in [-0.39, 0.29) is 0 Å². The SMILES string of the molecule is OC(c1ccn(Cc2ccc(C(F)(F)F)cc2)c1)C1CC1. The van der Waals surface area contributed by atoms with E-state index >= 15 is 0 Å². The molecule has 1 aromatic heterocycles. The summed E-state index contributed by atoms with van der Waals surface area (Å²) in [6.45, 7) is 0.496. The van der Waals surface area contributed by atoms with E-state index in [0.29, 0.717) is 12.5 Å². The van der Waals surface area contributed by atoms with Gasteiger partial charge in [-0.1, -0.05) is 12.1 Å². The first kappa shape index (κ1) is 14.2. The normalized spacial score (nSPS) is 17.0. The van der Waals surface area contributed by atoms with Crippen molar-refractivity contribution < 1.29 is 18.3 Å². The smallest absolute Gasteiger partial charge is 0.388 e. The molecular weight excluding hydrogens is 279 g/mol. The molecule has 21 heavy (non-hydrogen) atoms. The highest BCUT2D eigenvalue weighted by molar-refractivity contribution is 5.25. The highest BCUT2D eigenvalue weighted by atomic mass is 19.4. The van der Waals surface area contributed by atoms with Crippen LogP contribution in [-0.4, -0.2) is 9.67 Å². The van der Waals surface area contributed by atoms with Gasteiger partial charge in [0.2, 0.25) is 0 Å². The first-order valence-corrected chi connectivity index (χ1v) is 6.93. The molecule has 1 aliphatic rings. The molecule has 0 saturated heterocycles. The molecule has 1 aromatic carbocycles. The van der Waals surface area contributed by atoms with Crippen LogP contribution in [0.4, 0.5) is 13.2 Å². The van der Waals surface area contributed by atoms with E-state index < -0.39 is 17.8 Å². The third-order valence-corrected chi connectivity index (χ3v) is 3.83. The summed E-state index contributed by atoms with van der Waals surface area (Å²) >= 11 is 0. The number of hydrogen-bond donors (Lipinski definition) is 1. The molecule has 1 fully saturated rings. The first-order valence-electron chi connectivity index (χ1n) is 6.93. The van der Waals surface area contributed by atoms with Crippen LogP contribution in [0.15, 0.2) is 42.7 Å². The van der Waals surface area contributed by atoms with Crippen molar-refractivity contribution in [3.8, 4) is 0 Å². The summed E-state index contributed by atoms with van der Waals surface area (Å²) < 4.78 is 39.3. The van der Waals surface area contributed by atoms with Gasteiger partial charge in [0.1, 0.15) is 0 Å². The molecule has 1 saturated carbocycles. The number of nitrogens with zero attached hydrogens (tertiary/aromatic N) is 1. The van der Waals surface area contributed by atoms with Crippen molar-refractivity contribution in [2.75, 3.05) is 0 Å². The van der Waals surface area contributed by atoms with E-state index in [2.05, 4.69) is 0 Å². The maximum Gasteiger partial charge on any atom is 0.416 e. The molecule has 2 aromatic rings. The Morgan fingerprint density at radius 3 is 2.38 bits per heavy atom. The highest BCUT2D eigenvalue weighted by Gasteiger charge is 2.31. The van der Waals surface area contributed by atoms with E-state index in [1.165, 1.54) is 12.1 Å². The summed E-state index contributed by atoms with van der Waals surface area (Å²) in [4.78, 5) is 0. The fourth-order valence-corrected chi connectivity index (χ4v) is 2.43. The van der Waals surface area contributed by atoms with Crippen LogP contribution >= 0.6 is 0 Å². The summed E-state index contributed by atoms with van der Waals surface area (Å²) in [7, 11) is 0. The number of alkyl halides is 3. The molecule has 5 heteroatoms. The average Bonchev–Trinajstić information content (AvgIpc) is 3.18. The number of rotatable bonds is 4. The van der Waals surface area contributed by atoms with Gasteiger partial charge in [0, 0.05) is 18.9 Å². The number of benzene rings is 1. The lowest BCUT2D eigenvalue weighted by Gasteiger charge is -2.09. The number of hydrogen-bond acceptors (Lipinski definition) is 1. The van der Waals surface area contributed by atoms with Gasteiger partial charge in [-0.05, 0) is 48.1 Å². The van der Waals surface area contributed by atoms with Gasteiger partial charge in [-0.15, -0.1) is 0 Å². The van der Waals surface area contributed by atoms with Gasteiger partial charge in [0.05, 0.1) is 11.7 Å². The van der Waals surface area contributed by atoms with Gasteiger partial charge >= 0.3 is 6.18 Å². The van der Waals surface area contributed by atoms with Crippen LogP contribution in [0.25, 0.3) is 0 Å². The number of aromatic nitrogens is 1. The van der Waals surface area contributed by atoms with Crippen LogP contribution in [0.1, 0.15) is 35.6 Å². The van der Waals surface area contributed by atoms with E-state index in [1.807, 2.05) is 23.0 Å². The molecular formula is C16H16F3NO. The van der Waals surface area contributed by atoms with E-state index in [4.69, 9.17) is 0 Å². The van der Waals surface area contributed by atoms with Gasteiger partial charge in [-0.2, -0.15) is 13.2 Å². The molecule has 0 bridgehead atoms. The molecule has 1 heterocycles. The first-order chi connectivity index (χ1) is 9.93. The molecule has 1 unspecified atom stereocenters. The predicted molar refractivity (Wildman–Crippen MR) is 72.7 cm³/mol. The topological polar surface area (TPSA) is 25.2 Å². The zero-order valence-electron chi connectivity index (χ0n) is 11.3. The van der Waals surface area contributed by atoms with Crippen LogP contribution < -0.4 is 0 Å². The maximum absolute atomic E-state index is 12.5. The largest absolute Gasteiger partial charge is 0.416 e. The lowest BCUT2D eigenvalue weighted by atomic mass is 10.1. The molecule has 0 radical (unpaired) electrons. The Morgan fingerprint density at radius 2 is 1.81 bits per heavy atom. The summed E-state index contributed by atoms with van der Waals surface area (Å²) in [5, 5.41) is 10.0. The molecule has 0 aliphatic heterocycles. The quantitative estimate of drug-likeness (QED) is 0.906. The Morgan fingerprint density at radius 1 is 1.14 bits per heavy atom. The van der Waals surface area contributed by atoms with Crippen LogP contribution in [0.5, 0.6) is 0 Å². The van der Waals surface area contributed by atoms with Crippen molar-refractivity contribution >= 4 is 0 Å². The summed E-state index contributed by atoms with van der Waals surface area (Å²) in [5.74, 6) is 0.368. The minimum atomic E-state index is -4.30. The van der Waals surface area contributed by atoms with Gasteiger partial charge in [0.25, 0.3) is 0 Å². The number of aliphatic hydroxyl groups is 1. The lowest BCUT2D eigenvalue weighted by Crippen LogP contribution is -2.05. The second-order valence-electron chi connectivity index (χ2n) is 5.59. The van der Waals surface area contributed by atoms with Crippen LogP contribution in [0.2, 0.25) is 0 Å². The third-order valence-electron chi connectivity index (χ3n) is 3.83. The van der Waals surface area contributed by atoms with Crippen LogP contribution in [-0.2, 0) is 12.7 Å². The molecule has 112 valence electrons. The molecule has 0 spiro atoms. The van der Waals surface area contributed by atoms with E-state index in [0.717, 1.165) is 36.1 Å². The Bertz CT molecular complexity index is 611. The zero-order valence-corrected chi connectivity index (χ0v) is 11.3. The molecule has 1 aliphatic carbocycles. The zero-order chi connectivity index (χ0) is 15.0. The standard InChI is InChI=1S/C16H16F3NO/c17-16(18,19)14-5-1-11(2-6-14)9-20-8-7-13(10-20)15(21)12-3-4-12/h1-2,5-8,10,12,15,21H,3-4,9H2. The highest BCUT2D eigenvalue weighted by Crippen LogP contribution is 2.40. The molecule has 1 N–H and O–H groups in total. The maximum atomic E-state index is 12.5. The van der Waals surface area contributed by atoms with Gasteiger partial charge in [-0.25, -0.2) is 0 Å². The van der Waals surface area contributed by atoms with Gasteiger partial charge in [0.15, 0.2) is 0 Å². The van der Waals surface area contributed by atoms with Gasteiger partial charge in [-0.3, -0.25) is 0 Å². The van der Waals surface area contributed by atoms with Gasteiger partial charge < -0.3 is 9.67 Å². The summed E-state index contributed by atoms with van der Waals surface area (Å²) in [5.41, 5.74) is 1.04.